The van der Waals surface area contributed by atoms with Crippen molar-refractivity contribution in [2.75, 3.05) is 4.90 Å². The minimum atomic E-state index is -0.242. The summed E-state index contributed by atoms with van der Waals surface area (Å²) in [7, 11) is 1.78. The van der Waals surface area contributed by atoms with Crippen molar-refractivity contribution in [2.45, 2.75) is 58.8 Å². The molecule has 0 saturated carbocycles. The highest BCUT2D eigenvalue weighted by Crippen LogP contribution is 2.55. The zero-order valence-corrected chi connectivity index (χ0v) is 36.0. The van der Waals surface area contributed by atoms with Crippen molar-refractivity contribution in [1.29, 1.82) is 0 Å². The molecule has 0 saturated heterocycles. The van der Waals surface area contributed by atoms with Crippen molar-refractivity contribution in [3.63, 3.8) is 0 Å². The standard InChI is InChI=1S/C50H39IN2S.C2H6/c1-30-14-18-33(19-15-30)52(44-24-25-48(54-51)37-12-8-6-10-35(37)44)47-29-43-49(38-13-9-7-11-36(38)47)39-21-20-34(28-42(39)50(43,4)5)53-45-22-16-31(2)26-40(45)41-27-32(3)17-23-46(41)53;1-2/h6-29H,1-5H3;1-2H3. The number of rotatable bonds is 5. The van der Waals surface area contributed by atoms with Crippen LogP contribution in [0.5, 0.6) is 0 Å². The van der Waals surface area contributed by atoms with Gasteiger partial charge in [-0.15, -0.1) is 0 Å². The molecule has 0 radical (unpaired) electrons. The van der Waals surface area contributed by atoms with E-state index in [0.29, 0.717) is 0 Å². The van der Waals surface area contributed by atoms with Crippen molar-refractivity contribution in [3.05, 3.63) is 173 Å². The number of aryl methyl sites for hydroxylation is 3. The molecule has 0 amide bonds. The molecule has 0 unspecified atom stereocenters. The molecule has 0 atom stereocenters. The molecule has 276 valence electrons. The minimum Gasteiger partial charge on any atom is -0.309 e. The highest BCUT2D eigenvalue weighted by molar-refractivity contribution is 14.2. The smallest absolute Gasteiger partial charge is 0.0543 e. The van der Waals surface area contributed by atoms with Crippen LogP contribution in [0.15, 0.2) is 150 Å². The summed E-state index contributed by atoms with van der Waals surface area (Å²) < 4.78 is 2.47. The van der Waals surface area contributed by atoms with Crippen LogP contribution in [0.25, 0.3) is 60.2 Å². The van der Waals surface area contributed by atoms with E-state index in [2.05, 4.69) is 211 Å². The predicted octanol–water partition coefficient (Wildman–Crippen LogP) is 16.3. The number of hydrogen-bond donors (Lipinski definition) is 0. The fraction of sp³-hybridized carbons (Fsp3) is 0.154. The third-order valence-electron chi connectivity index (χ3n) is 11.7. The molecule has 1 heterocycles. The Morgan fingerprint density at radius 3 is 1.71 bits per heavy atom. The van der Waals surface area contributed by atoms with Crippen LogP contribution in [0.1, 0.15) is 55.5 Å². The van der Waals surface area contributed by atoms with E-state index in [1.807, 2.05) is 13.8 Å². The van der Waals surface area contributed by atoms with E-state index in [0.717, 1.165) is 5.69 Å². The first-order chi connectivity index (χ1) is 27.2. The summed E-state index contributed by atoms with van der Waals surface area (Å²) in [5.74, 6) is 0. The van der Waals surface area contributed by atoms with Crippen LogP contribution >= 0.6 is 30.1 Å². The fourth-order valence-corrected chi connectivity index (χ4v) is 10.6. The molecule has 4 heteroatoms. The Morgan fingerprint density at radius 2 is 1.09 bits per heavy atom. The van der Waals surface area contributed by atoms with Crippen LogP contribution in [0.3, 0.4) is 0 Å². The van der Waals surface area contributed by atoms with Gasteiger partial charge in [0.15, 0.2) is 0 Å². The molecule has 0 spiro atoms. The third kappa shape index (κ3) is 5.67. The Hall–Kier alpha value is -5.04. The van der Waals surface area contributed by atoms with Gasteiger partial charge in [-0.1, -0.05) is 132 Å². The quantitative estimate of drug-likeness (QED) is 0.159. The first-order valence-corrected chi connectivity index (χ1v) is 23.0. The molecule has 1 aliphatic carbocycles. The van der Waals surface area contributed by atoms with E-state index in [9.17, 15) is 0 Å². The Morgan fingerprint density at radius 1 is 0.518 bits per heavy atom. The number of hydrogen-bond acceptors (Lipinski definition) is 2. The van der Waals surface area contributed by atoms with E-state index in [1.165, 1.54) is 104 Å². The largest absolute Gasteiger partial charge is 0.309 e. The zero-order chi connectivity index (χ0) is 38.9. The summed E-state index contributed by atoms with van der Waals surface area (Å²) in [5.41, 5.74) is 16.2. The topological polar surface area (TPSA) is 8.17 Å². The van der Waals surface area contributed by atoms with Gasteiger partial charge in [0.05, 0.1) is 22.4 Å². The maximum Gasteiger partial charge on any atom is 0.0543 e. The SMILES string of the molecule is CC.Cc1ccc(N(c2ccc(SI)c3ccccc23)c2cc3c(c4ccccc24)-c2ccc(-n4c5ccc(C)cc5c5cc(C)ccc54)cc2C3(C)C)cc1. The Kier molecular flexibility index (Phi) is 9.25. The number of fused-ring (bicyclic) bond motifs is 9. The van der Waals surface area contributed by atoms with E-state index in [4.69, 9.17) is 0 Å². The van der Waals surface area contributed by atoms with Gasteiger partial charge in [-0.2, -0.15) is 0 Å². The molecule has 8 aromatic carbocycles. The number of halogens is 1. The molecular formula is C52H45IN2S. The van der Waals surface area contributed by atoms with Crippen LogP contribution < -0.4 is 4.90 Å². The molecule has 0 N–H and O–H groups in total. The molecule has 1 aromatic heterocycles. The van der Waals surface area contributed by atoms with Crippen LogP contribution in [0.4, 0.5) is 17.1 Å². The lowest BCUT2D eigenvalue weighted by atomic mass is 9.81. The van der Waals surface area contributed by atoms with Gasteiger partial charge in [0.25, 0.3) is 0 Å². The van der Waals surface area contributed by atoms with Crippen molar-refractivity contribution >= 4 is 90.6 Å². The first-order valence-electron chi connectivity index (χ1n) is 19.6. The van der Waals surface area contributed by atoms with Gasteiger partial charge >= 0.3 is 0 Å². The van der Waals surface area contributed by atoms with Gasteiger partial charge < -0.3 is 9.47 Å². The van der Waals surface area contributed by atoms with Gasteiger partial charge in [0, 0.05) is 64.4 Å². The van der Waals surface area contributed by atoms with Crippen LogP contribution in [0.2, 0.25) is 0 Å². The van der Waals surface area contributed by atoms with E-state index >= 15 is 0 Å². The lowest BCUT2D eigenvalue weighted by molar-refractivity contribution is 0.660. The summed E-state index contributed by atoms with van der Waals surface area (Å²) >= 11 is 2.41. The lowest BCUT2D eigenvalue weighted by Gasteiger charge is -2.31. The van der Waals surface area contributed by atoms with Gasteiger partial charge in [0.1, 0.15) is 0 Å². The second-order valence-corrected chi connectivity index (χ2v) is 17.4. The molecule has 0 fully saturated rings. The molecule has 0 aliphatic heterocycles. The molecule has 0 bridgehead atoms. The molecule has 10 rings (SSSR count). The number of nitrogens with zero attached hydrogens (tertiary/aromatic N) is 2. The second kappa shape index (κ2) is 14.2. The number of aromatic nitrogens is 1. The Balaban J connectivity index is 0.00000202. The first kappa shape index (κ1) is 36.6. The maximum atomic E-state index is 2.50. The summed E-state index contributed by atoms with van der Waals surface area (Å²) in [5, 5.41) is 7.66. The monoisotopic (exact) mass is 856 g/mol. The molecule has 56 heavy (non-hydrogen) atoms. The van der Waals surface area contributed by atoms with Gasteiger partial charge in [0.2, 0.25) is 0 Å². The highest BCUT2D eigenvalue weighted by atomic mass is 127. The normalized spacial score (nSPS) is 12.9. The van der Waals surface area contributed by atoms with Crippen molar-refractivity contribution in [1.82, 2.24) is 4.57 Å². The van der Waals surface area contributed by atoms with Crippen molar-refractivity contribution < 1.29 is 0 Å². The number of anilines is 3. The predicted molar refractivity (Wildman–Crippen MR) is 253 cm³/mol. The van der Waals surface area contributed by atoms with E-state index < -0.39 is 0 Å². The summed E-state index contributed by atoms with van der Waals surface area (Å²) in [6, 6.07) is 54.9. The lowest BCUT2D eigenvalue weighted by Crippen LogP contribution is -2.17. The molecule has 9 aromatic rings. The van der Waals surface area contributed by atoms with E-state index in [-0.39, 0.29) is 5.41 Å². The average Bonchev–Trinajstić information content (AvgIpc) is 3.66. The second-order valence-electron chi connectivity index (χ2n) is 15.5. The van der Waals surface area contributed by atoms with E-state index in [1.54, 1.807) is 8.93 Å². The van der Waals surface area contributed by atoms with Crippen LogP contribution in [-0.4, -0.2) is 4.57 Å². The summed E-state index contributed by atoms with van der Waals surface area (Å²) in [6.07, 6.45) is 0. The minimum absolute atomic E-state index is 0.242. The molecular weight excluding hydrogens is 812 g/mol. The van der Waals surface area contributed by atoms with Crippen molar-refractivity contribution in [2.24, 2.45) is 0 Å². The van der Waals surface area contributed by atoms with Gasteiger partial charge in [-0.3, -0.25) is 0 Å². The van der Waals surface area contributed by atoms with Crippen LogP contribution in [0, 0.1) is 20.8 Å². The Labute approximate surface area is 346 Å². The Bertz CT molecular complexity index is 2930. The summed E-state index contributed by atoms with van der Waals surface area (Å²) in [6.45, 7) is 15.4. The average molecular weight is 857 g/mol. The maximum absolute atomic E-state index is 2.50. The van der Waals surface area contributed by atoms with Gasteiger partial charge in [-0.25, -0.2) is 0 Å². The van der Waals surface area contributed by atoms with Gasteiger partial charge in [-0.05, 0) is 121 Å². The highest BCUT2D eigenvalue weighted by Gasteiger charge is 2.38. The third-order valence-corrected chi connectivity index (χ3v) is 13.6. The molecule has 2 nitrogen and oxygen atoms in total. The summed E-state index contributed by atoms with van der Waals surface area (Å²) in [4.78, 5) is 3.78. The zero-order valence-electron chi connectivity index (χ0n) is 33.0. The fourth-order valence-electron chi connectivity index (χ4n) is 9.02. The van der Waals surface area contributed by atoms with Crippen LogP contribution in [-0.2, 0) is 5.41 Å². The van der Waals surface area contributed by atoms with Crippen molar-refractivity contribution in [3.8, 4) is 16.8 Å². The number of benzene rings is 8. The molecule has 1 aliphatic rings.